The van der Waals surface area contributed by atoms with Crippen molar-refractivity contribution in [2.45, 2.75) is 71.8 Å². The second kappa shape index (κ2) is 9.12. The minimum Gasteiger partial charge on any atom is -0.207 e. The van der Waals surface area contributed by atoms with Crippen LogP contribution in [0.1, 0.15) is 82.1 Å². The van der Waals surface area contributed by atoms with Gasteiger partial charge in [-0.2, -0.15) is 4.57 Å². The minimum absolute atomic E-state index is 0.106. The summed E-state index contributed by atoms with van der Waals surface area (Å²) in [6.07, 6.45) is 14.1. The fourth-order valence-electron chi connectivity index (χ4n) is 4.99. The first-order valence-electron chi connectivity index (χ1n) is 11.4. The van der Waals surface area contributed by atoms with Gasteiger partial charge in [0.15, 0.2) is 11.7 Å². The number of nitrogens with zero attached hydrogens (tertiary/aromatic N) is 1. The molecule has 1 aliphatic heterocycles. The summed E-state index contributed by atoms with van der Waals surface area (Å²) in [7, 11) is 0. The van der Waals surface area contributed by atoms with Crippen molar-refractivity contribution in [3.05, 3.63) is 71.7 Å². The van der Waals surface area contributed by atoms with Gasteiger partial charge in [0.25, 0.3) is 0 Å². The molecule has 0 saturated carbocycles. The van der Waals surface area contributed by atoms with Crippen LogP contribution in [0.25, 0.3) is 29.0 Å². The van der Waals surface area contributed by atoms with Crippen LogP contribution in [-0.4, -0.2) is 0 Å². The van der Waals surface area contributed by atoms with E-state index in [0.717, 1.165) is 77.6 Å². The zero-order valence-corrected chi connectivity index (χ0v) is 19.0. The fourth-order valence-corrected chi connectivity index (χ4v) is 4.99. The molecule has 0 bridgehead atoms. The number of unbranched alkanes of at least 4 members (excludes halogenated alkanes) is 2. The van der Waals surface area contributed by atoms with Gasteiger partial charge in [-0.15, -0.1) is 0 Å². The Balaban J connectivity index is 2.36. The molecule has 0 aliphatic carbocycles. The minimum atomic E-state index is -0.259. The van der Waals surface area contributed by atoms with Crippen LogP contribution in [0, 0.1) is 5.82 Å². The van der Waals surface area contributed by atoms with E-state index in [1.165, 1.54) is 0 Å². The van der Waals surface area contributed by atoms with E-state index < -0.39 is 0 Å². The third-order valence-corrected chi connectivity index (χ3v) is 6.77. The number of aromatic nitrogens is 1. The molecular formula is C28H35FN+. The van der Waals surface area contributed by atoms with Crippen LogP contribution in [-0.2, 0) is 12.0 Å². The lowest BCUT2D eigenvalue weighted by Gasteiger charge is -2.36. The zero-order chi connectivity index (χ0) is 21.9. The Morgan fingerprint density at radius 2 is 1.83 bits per heavy atom. The maximum absolute atomic E-state index is 15.1. The smallest absolute Gasteiger partial charge is 0.207 e. The highest BCUT2D eigenvalue weighted by molar-refractivity contribution is 5.87. The average molecular weight is 405 g/mol. The lowest BCUT2D eigenvalue weighted by molar-refractivity contribution is -0.741. The molecule has 0 spiro atoms. The summed E-state index contributed by atoms with van der Waals surface area (Å²) in [5.41, 5.74) is 6.93. The van der Waals surface area contributed by atoms with Gasteiger partial charge in [-0.1, -0.05) is 65.0 Å². The van der Waals surface area contributed by atoms with E-state index in [2.05, 4.69) is 69.0 Å². The zero-order valence-electron chi connectivity index (χ0n) is 19.0. The molecule has 1 aliphatic rings. The Labute approximate surface area is 181 Å². The molecule has 1 aromatic carbocycles. The Kier molecular flexibility index (Phi) is 6.75. The first-order valence-corrected chi connectivity index (χ1v) is 11.4. The summed E-state index contributed by atoms with van der Waals surface area (Å²) >= 11 is 0. The molecule has 2 heteroatoms. The fraction of sp³-hybridized carbons (Fsp3) is 0.393. The van der Waals surface area contributed by atoms with Crippen LogP contribution in [0.15, 0.2) is 43.6 Å². The monoisotopic (exact) mass is 404 g/mol. The number of pyridine rings is 1. The van der Waals surface area contributed by atoms with Crippen LogP contribution in [0.4, 0.5) is 4.39 Å². The van der Waals surface area contributed by atoms with Gasteiger partial charge in [-0.05, 0) is 43.0 Å². The molecular weight excluding hydrogens is 369 g/mol. The van der Waals surface area contributed by atoms with Gasteiger partial charge in [-0.25, -0.2) is 4.39 Å². The first kappa shape index (κ1) is 22.2. The molecule has 2 aromatic rings. The molecule has 2 heterocycles. The summed E-state index contributed by atoms with van der Waals surface area (Å²) in [5.74, 6) is -0.106. The molecule has 0 saturated heterocycles. The maximum Gasteiger partial charge on any atom is 0.221 e. The maximum atomic E-state index is 15.1. The lowest BCUT2D eigenvalue weighted by Crippen LogP contribution is -2.59. The number of allylic oxidation sites excluding steroid dienone is 2. The SMILES string of the molecule is C=Cc1c(C=CC)cc[n+]2c1-c1cc(CCCCC)c(F)cc1C(=C)C2(CC)CC. The van der Waals surface area contributed by atoms with Gasteiger partial charge in [0.05, 0.1) is 11.1 Å². The summed E-state index contributed by atoms with van der Waals surface area (Å²) in [4.78, 5) is 0. The molecule has 158 valence electrons. The Bertz CT molecular complexity index is 992. The molecule has 1 aromatic heterocycles. The van der Waals surface area contributed by atoms with Crippen molar-refractivity contribution in [1.82, 2.24) is 0 Å². The number of hydrogen-bond donors (Lipinski definition) is 0. The normalized spacial score (nSPS) is 14.6. The molecule has 3 rings (SSSR count). The molecule has 1 nitrogen and oxygen atoms in total. The highest BCUT2D eigenvalue weighted by Gasteiger charge is 2.48. The third kappa shape index (κ3) is 3.47. The molecule has 30 heavy (non-hydrogen) atoms. The van der Waals surface area contributed by atoms with Crippen LogP contribution >= 0.6 is 0 Å². The standard InChI is InChI=1S/C28H35FN/c1-7-12-13-15-22-18-25-24(19-26(22)29)20(6)28(10-4,11-5)30-17-16-21(14-8-2)23(9-3)27(25)30/h8-9,14,16-19H,3,6-7,10-13,15H2,1-2,4-5H3/q+1. The largest absolute Gasteiger partial charge is 0.221 e. The predicted octanol–water partition coefficient (Wildman–Crippen LogP) is 7.73. The van der Waals surface area contributed by atoms with Crippen molar-refractivity contribution < 1.29 is 8.96 Å². The average Bonchev–Trinajstić information content (AvgIpc) is 2.76. The highest BCUT2D eigenvalue weighted by atomic mass is 19.1. The van der Waals surface area contributed by atoms with Crippen molar-refractivity contribution >= 4 is 17.7 Å². The van der Waals surface area contributed by atoms with Crippen molar-refractivity contribution in [2.75, 3.05) is 0 Å². The Morgan fingerprint density at radius 1 is 1.10 bits per heavy atom. The molecule has 0 atom stereocenters. The number of fused-ring (bicyclic) bond motifs is 3. The van der Waals surface area contributed by atoms with E-state index in [9.17, 15) is 0 Å². The van der Waals surface area contributed by atoms with Crippen LogP contribution < -0.4 is 4.57 Å². The van der Waals surface area contributed by atoms with Gasteiger partial charge in [0.1, 0.15) is 5.82 Å². The van der Waals surface area contributed by atoms with Crippen molar-refractivity contribution in [1.29, 1.82) is 0 Å². The summed E-state index contributed by atoms with van der Waals surface area (Å²) < 4.78 is 17.5. The summed E-state index contributed by atoms with van der Waals surface area (Å²) in [5, 5.41) is 0. The number of rotatable bonds is 8. The van der Waals surface area contributed by atoms with Gasteiger partial charge in [0, 0.05) is 30.0 Å². The number of halogens is 1. The van der Waals surface area contributed by atoms with Crippen LogP contribution in [0.5, 0.6) is 0 Å². The predicted molar refractivity (Wildman–Crippen MR) is 128 cm³/mol. The number of benzene rings is 1. The number of aryl methyl sites for hydroxylation is 1. The van der Waals surface area contributed by atoms with E-state index in [-0.39, 0.29) is 11.4 Å². The highest BCUT2D eigenvalue weighted by Crippen LogP contribution is 2.46. The molecule has 0 N–H and O–H groups in total. The van der Waals surface area contributed by atoms with Gasteiger partial charge in [0.2, 0.25) is 5.69 Å². The van der Waals surface area contributed by atoms with Gasteiger partial charge < -0.3 is 0 Å². The summed E-state index contributed by atoms with van der Waals surface area (Å²) in [6, 6.07) is 5.96. The second-order valence-corrected chi connectivity index (χ2v) is 8.27. The van der Waals surface area contributed by atoms with E-state index >= 15 is 4.39 Å². The number of hydrogen-bond acceptors (Lipinski definition) is 0. The van der Waals surface area contributed by atoms with E-state index in [1.54, 1.807) is 6.07 Å². The first-order chi connectivity index (χ1) is 14.5. The van der Waals surface area contributed by atoms with Gasteiger partial charge >= 0.3 is 0 Å². The van der Waals surface area contributed by atoms with Crippen molar-refractivity contribution in [3.63, 3.8) is 0 Å². The topological polar surface area (TPSA) is 3.88 Å². The van der Waals surface area contributed by atoms with Crippen molar-refractivity contribution in [3.8, 4) is 11.3 Å². The molecule has 0 radical (unpaired) electrons. The molecule has 0 fully saturated rings. The van der Waals surface area contributed by atoms with E-state index in [1.807, 2.05) is 13.0 Å². The summed E-state index contributed by atoms with van der Waals surface area (Å²) in [6.45, 7) is 17.2. The van der Waals surface area contributed by atoms with E-state index in [0.29, 0.717) is 0 Å². The molecule has 0 amide bonds. The lowest BCUT2D eigenvalue weighted by atomic mass is 9.74. The quantitative estimate of drug-likeness (QED) is 0.313. The Hall–Kier alpha value is -2.48. The van der Waals surface area contributed by atoms with E-state index in [4.69, 9.17) is 0 Å². The third-order valence-electron chi connectivity index (χ3n) is 6.77. The second-order valence-electron chi connectivity index (χ2n) is 8.27. The molecule has 0 unspecified atom stereocenters. The van der Waals surface area contributed by atoms with Crippen LogP contribution in [0.2, 0.25) is 0 Å². The van der Waals surface area contributed by atoms with Crippen LogP contribution in [0.3, 0.4) is 0 Å². The van der Waals surface area contributed by atoms with Gasteiger partial charge in [-0.3, -0.25) is 0 Å². The Morgan fingerprint density at radius 3 is 2.43 bits per heavy atom. The van der Waals surface area contributed by atoms with Crippen molar-refractivity contribution in [2.24, 2.45) is 0 Å².